The van der Waals surface area contributed by atoms with Crippen LogP contribution in [0.4, 0.5) is 5.82 Å². The highest BCUT2D eigenvalue weighted by atomic mass is 16.8. The van der Waals surface area contributed by atoms with E-state index in [4.69, 9.17) is 11.3 Å². The van der Waals surface area contributed by atoms with Crippen LogP contribution in [0.5, 0.6) is 0 Å². The van der Waals surface area contributed by atoms with Crippen molar-refractivity contribution in [3.63, 3.8) is 0 Å². The smallest absolute Gasteiger partial charge is 0.303 e. The molecule has 0 bridgehead atoms. The van der Waals surface area contributed by atoms with E-state index < -0.39 is 17.4 Å². The zero-order valence-electron chi connectivity index (χ0n) is 5.54. The molecule has 0 spiro atoms. The van der Waals surface area contributed by atoms with E-state index in [1.807, 2.05) is 0 Å². The molecule has 12 heavy (non-hydrogen) atoms. The minimum absolute atomic E-state index is 0.167. The lowest BCUT2D eigenvalue weighted by Crippen LogP contribution is -2.27. The number of nitrogen functional groups attached to an aromatic ring is 1. The summed E-state index contributed by atoms with van der Waals surface area (Å²) in [5.41, 5.74) is 12.4. The Kier molecular flexibility index (Phi) is 1.80. The van der Waals surface area contributed by atoms with E-state index in [1.54, 1.807) is 0 Å². The monoisotopic (exact) mass is 170 g/mol. The third-order valence-electron chi connectivity index (χ3n) is 0.984. The Bertz CT molecular complexity index is 362. The third-order valence-corrected chi connectivity index (χ3v) is 0.984. The standard InChI is InChI=1S/C3H2N6O3/c4-2-1(3(10)6-8-5)7-12-9(2)11/h4H2. The van der Waals surface area contributed by atoms with Gasteiger partial charge in [-0.1, -0.05) is 4.90 Å². The van der Waals surface area contributed by atoms with Gasteiger partial charge in [-0.2, -0.15) is 0 Å². The number of carbonyl (C=O) groups excluding carboxylic acids is 1. The van der Waals surface area contributed by atoms with Crippen molar-refractivity contribution in [2.75, 3.05) is 5.73 Å². The first-order valence-corrected chi connectivity index (χ1v) is 2.61. The van der Waals surface area contributed by atoms with Gasteiger partial charge in [-0.25, -0.2) is 0 Å². The second kappa shape index (κ2) is 2.76. The summed E-state index contributed by atoms with van der Waals surface area (Å²) in [5, 5.41) is 16.0. The highest BCUT2D eigenvalue weighted by Gasteiger charge is 2.20. The summed E-state index contributed by atoms with van der Waals surface area (Å²) >= 11 is 0. The minimum atomic E-state index is -1.06. The molecule has 1 heterocycles. The van der Waals surface area contributed by atoms with Crippen LogP contribution >= 0.6 is 0 Å². The van der Waals surface area contributed by atoms with Crippen molar-refractivity contribution in [3.8, 4) is 0 Å². The van der Waals surface area contributed by atoms with Gasteiger partial charge in [0.2, 0.25) is 0 Å². The second-order valence-electron chi connectivity index (χ2n) is 1.66. The van der Waals surface area contributed by atoms with Crippen LogP contribution in [-0.4, -0.2) is 11.1 Å². The molecule has 0 aromatic carbocycles. The molecule has 9 heteroatoms. The molecular weight excluding hydrogens is 168 g/mol. The zero-order chi connectivity index (χ0) is 9.14. The summed E-state index contributed by atoms with van der Waals surface area (Å²) in [6, 6.07) is 0. The van der Waals surface area contributed by atoms with Gasteiger partial charge in [0.25, 0.3) is 11.6 Å². The first-order chi connectivity index (χ1) is 5.66. The van der Waals surface area contributed by atoms with Gasteiger partial charge in [0, 0.05) is 4.91 Å². The number of nitrogens with zero attached hydrogens (tertiary/aromatic N) is 5. The zero-order valence-corrected chi connectivity index (χ0v) is 5.54. The largest absolute Gasteiger partial charge is 0.391 e. The van der Waals surface area contributed by atoms with E-state index in [0.717, 1.165) is 0 Å². The van der Waals surface area contributed by atoms with Gasteiger partial charge in [-0.05, 0) is 15.8 Å². The van der Waals surface area contributed by atoms with Gasteiger partial charge in [-0.3, -0.25) is 4.79 Å². The SMILES string of the molecule is [N-]=[N+]=NC(=O)c1no[n+]([O-])c1N. The number of amides is 1. The van der Waals surface area contributed by atoms with E-state index >= 15 is 0 Å². The maximum Gasteiger partial charge on any atom is 0.303 e. The molecule has 0 saturated heterocycles. The fourth-order valence-corrected chi connectivity index (χ4v) is 0.492. The van der Waals surface area contributed by atoms with Crippen LogP contribution in [0, 0.1) is 5.21 Å². The van der Waals surface area contributed by atoms with Crippen LogP contribution in [0.15, 0.2) is 9.74 Å². The molecule has 1 aromatic heterocycles. The van der Waals surface area contributed by atoms with E-state index in [2.05, 4.69) is 19.8 Å². The number of rotatable bonds is 1. The Labute approximate surface area is 64.5 Å². The van der Waals surface area contributed by atoms with E-state index in [-0.39, 0.29) is 4.90 Å². The summed E-state index contributed by atoms with van der Waals surface area (Å²) in [6.45, 7) is 0. The predicted molar refractivity (Wildman–Crippen MR) is 33.4 cm³/mol. The lowest BCUT2D eigenvalue weighted by atomic mass is 10.4. The third kappa shape index (κ3) is 1.11. The van der Waals surface area contributed by atoms with Gasteiger partial charge < -0.3 is 15.6 Å². The van der Waals surface area contributed by atoms with Crippen molar-refractivity contribution in [2.24, 2.45) is 5.11 Å². The van der Waals surface area contributed by atoms with Crippen LogP contribution < -0.4 is 10.6 Å². The van der Waals surface area contributed by atoms with Gasteiger partial charge in [0.15, 0.2) is 0 Å². The van der Waals surface area contributed by atoms with Crippen LogP contribution in [0.1, 0.15) is 10.5 Å². The number of aromatic nitrogens is 2. The van der Waals surface area contributed by atoms with Crippen molar-refractivity contribution < 1.29 is 14.3 Å². The van der Waals surface area contributed by atoms with Crippen molar-refractivity contribution in [3.05, 3.63) is 21.3 Å². The molecular formula is C3H2N6O3. The molecule has 2 N–H and O–H groups in total. The molecule has 1 rings (SSSR count). The minimum Gasteiger partial charge on any atom is -0.391 e. The highest BCUT2D eigenvalue weighted by molar-refractivity contribution is 5.96. The topological polar surface area (TPSA) is 145 Å². The molecule has 0 atom stereocenters. The van der Waals surface area contributed by atoms with Crippen LogP contribution in [-0.2, 0) is 0 Å². The lowest BCUT2D eigenvalue weighted by molar-refractivity contribution is -0.790. The fraction of sp³-hybridized carbons (Fsp3) is 0. The van der Waals surface area contributed by atoms with Gasteiger partial charge in [-0.15, -0.1) is 0 Å². The fourth-order valence-electron chi connectivity index (χ4n) is 0.492. The molecule has 0 aliphatic carbocycles. The number of azide groups is 1. The summed E-state index contributed by atoms with van der Waals surface area (Å²) in [6.07, 6.45) is 0. The van der Waals surface area contributed by atoms with E-state index in [1.165, 1.54) is 0 Å². The second-order valence-corrected chi connectivity index (χ2v) is 1.66. The molecule has 0 aliphatic heterocycles. The first kappa shape index (κ1) is 7.82. The predicted octanol–water partition coefficient (Wildman–Crippen LogP) is -0.659. The van der Waals surface area contributed by atoms with Crippen molar-refractivity contribution in [1.29, 1.82) is 0 Å². The van der Waals surface area contributed by atoms with E-state index in [9.17, 15) is 10.0 Å². The van der Waals surface area contributed by atoms with Crippen molar-refractivity contribution in [1.82, 2.24) is 5.16 Å². The van der Waals surface area contributed by atoms with Crippen LogP contribution in [0.3, 0.4) is 0 Å². The normalized spacial score (nSPS) is 9.00. The number of hydrogen-bond donors (Lipinski definition) is 1. The summed E-state index contributed by atoms with van der Waals surface area (Å²) in [7, 11) is 0. The summed E-state index contributed by atoms with van der Waals surface area (Å²) in [4.78, 5) is 12.7. The number of nitrogens with two attached hydrogens (primary N) is 1. The Morgan fingerprint density at radius 2 is 2.58 bits per heavy atom. The summed E-state index contributed by atoms with van der Waals surface area (Å²) in [5.74, 6) is -1.60. The van der Waals surface area contributed by atoms with Gasteiger partial charge in [0.1, 0.15) is 0 Å². The highest BCUT2D eigenvalue weighted by Crippen LogP contribution is 2.03. The molecule has 0 radical (unpaired) electrons. The number of anilines is 1. The molecule has 9 nitrogen and oxygen atoms in total. The van der Waals surface area contributed by atoms with E-state index in [0.29, 0.717) is 0 Å². The number of hydrogen-bond acceptors (Lipinski definition) is 5. The molecule has 0 unspecified atom stereocenters. The maximum atomic E-state index is 10.7. The Morgan fingerprint density at radius 3 is 3.00 bits per heavy atom. The molecule has 62 valence electrons. The summed E-state index contributed by atoms with van der Waals surface area (Å²) < 4.78 is 3.94. The Morgan fingerprint density at radius 1 is 1.92 bits per heavy atom. The lowest BCUT2D eigenvalue weighted by Gasteiger charge is -1.85. The van der Waals surface area contributed by atoms with Gasteiger partial charge in [0.05, 0.1) is 0 Å². The molecule has 0 aliphatic rings. The first-order valence-electron chi connectivity index (χ1n) is 2.61. The molecule has 1 amide bonds. The maximum absolute atomic E-state index is 10.7. The molecule has 0 fully saturated rings. The molecule has 0 saturated carbocycles. The Hall–Kier alpha value is -2.28. The van der Waals surface area contributed by atoms with Crippen molar-refractivity contribution in [2.45, 2.75) is 0 Å². The van der Waals surface area contributed by atoms with Crippen LogP contribution in [0.2, 0.25) is 0 Å². The number of carbonyl (C=O) groups is 1. The van der Waals surface area contributed by atoms with Crippen LogP contribution in [0.25, 0.3) is 10.4 Å². The van der Waals surface area contributed by atoms with Crippen molar-refractivity contribution >= 4 is 11.7 Å². The Balaban J connectivity index is 3.11. The van der Waals surface area contributed by atoms with Gasteiger partial charge >= 0.3 is 5.82 Å². The average Bonchev–Trinajstić information content (AvgIpc) is 2.34. The quantitative estimate of drug-likeness (QED) is 0.257. The molecule has 1 aromatic rings. The average molecular weight is 170 g/mol.